The Kier molecular flexibility index (Phi) is 6.11. The Morgan fingerprint density at radius 2 is 2.00 bits per heavy atom. The first kappa shape index (κ1) is 15.3. The summed E-state index contributed by atoms with van der Waals surface area (Å²) < 4.78 is 0. The van der Waals surface area contributed by atoms with E-state index in [9.17, 15) is 5.11 Å². The summed E-state index contributed by atoms with van der Waals surface area (Å²) in [7, 11) is 0. The highest BCUT2D eigenvalue weighted by Gasteiger charge is 2.42. The second kappa shape index (κ2) is 7.61. The molecule has 2 aliphatic rings. The van der Waals surface area contributed by atoms with Crippen molar-refractivity contribution < 1.29 is 9.94 Å². The SMILES string of the molecule is CCCC[C@H](O)C[C@@H]1CC[C@H]2C[C@H](CCCC)ON12. The van der Waals surface area contributed by atoms with Gasteiger partial charge in [-0.25, -0.2) is 0 Å². The third kappa shape index (κ3) is 4.17. The fourth-order valence-corrected chi connectivity index (χ4v) is 3.55. The fraction of sp³-hybridized carbons (Fsp3) is 1.00. The van der Waals surface area contributed by atoms with E-state index < -0.39 is 0 Å². The molecular weight excluding hydrogens is 238 g/mol. The van der Waals surface area contributed by atoms with Crippen molar-refractivity contribution in [3.05, 3.63) is 0 Å². The van der Waals surface area contributed by atoms with Gasteiger partial charge in [0.05, 0.1) is 12.2 Å². The van der Waals surface area contributed by atoms with E-state index in [1.807, 2.05) is 0 Å². The smallest absolute Gasteiger partial charge is 0.0809 e. The largest absolute Gasteiger partial charge is 0.393 e. The third-order valence-electron chi connectivity index (χ3n) is 4.67. The van der Waals surface area contributed by atoms with Gasteiger partial charge in [0.2, 0.25) is 0 Å². The second-order valence-corrected chi connectivity index (χ2v) is 6.38. The van der Waals surface area contributed by atoms with Crippen LogP contribution in [-0.2, 0) is 4.84 Å². The van der Waals surface area contributed by atoms with Gasteiger partial charge in [0.15, 0.2) is 0 Å². The fourth-order valence-electron chi connectivity index (χ4n) is 3.55. The highest BCUT2D eigenvalue weighted by molar-refractivity contribution is 4.90. The number of rotatable bonds is 8. The van der Waals surface area contributed by atoms with Crippen molar-refractivity contribution in [1.82, 2.24) is 5.06 Å². The topological polar surface area (TPSA) is 32.7 Å². The zero-order valence-electron chi connectivity index (χ0n) is 12.7. The number of hydrogen-bond donors (Lipinski definition) is 1. The molecule has 19 heavy (non-hydrogen) atoms. The van der Waals surface area contributed by atoms with Gasteiger partial charge in [-0.3, -0.25) is 4.84 Å². The van der Waals surface area contributed by atoms with E-state index in [-0.39, 0.29) is 6.10 Å². The van der Waals surface area contributed by atoms with Crippen LogP contribution in [0.4, 0.5) is 0 Å². The lowest BCUT2D eigenvalue weighted by Crippen LogP contribution is -2.33. The van der Waals surface area contributed by atoms with Crippen molar-refractivity contribution in [2.24, 2.45) is 0 Å². The molecule has 0 amide bonds. The number of unbranched alkanes of at least 4 members (excludes halogenated alkanes) is 2. The lowest BCUT2D eigenvalue weighted by atomic mass is 10.0. The van der Waals surface area contributed by atoms with Crippen LogP contribution in [0.15, 0.2) is 0 Å². The molecule has 0 aromatic rings. The molecule has 0 radical (unpaired) electrons. The molecule has 4 atom stereocenters. The molecule has 0 spiro atoms. The van der Waals surface area contributed by atoms with Gasteiger partial charge in [-0.15, -0.1) is 0 Å². The molecule has 0 aromatic carbocycles. The maximum Gasteiger partial charge on any atom is 0.0809 e. The van der Waals surface area contributed by atoms with Crippen LogP contribution in [0, 0.1) is 0 Å². The van der Waals surface area contributed by atoms with E-state index in [0.29, 0.717) is 18.2 Å². The summed E-state index contributed by atoms with van der Waals surface area (Å²) in [4.78, 5) is 6.13. The van der Waals surface area contributed by atoms with E-state index in [0.717, 1.165) is 19.3 Å². The lowest BCUT2D eigenvalue weighted by molar-refractivity contribution is -0.179. The van der Waals surface area contributed by atoms with E-state index in [1.165, 1.54) is 44.9 Å². The maximum atomic E-state index is 10.1. The molecule has 112 valence electrons. The predicted molar refractivity (Wildman–Crippen MR) is 77.8 cm³/mol. The standard InChI is InChI=1S/C16H31NO2/c1-3-5-7-15(18)11-13-9-10-14-12-16(8-6-4-2)19-17(13)14/h13-16,18H,3-12H2,1-2H3/t13-,14-,15-,16-/m0/s1. The van der Waals surface area contributed by atoms with Crippen LogP contribution in [0.2, 0.25) is 0 Å². The Morgan fingerprint density at radius 3 is 2.74 bits per heavy atom. The van der Waals surface area contributed by atoms with Gasteiger partial charge >= 0.3 is 0 Å². The summed E-state index contributed by atoms with van der Waals surface area (Å²) in [6.07, 6.45) is 11.9. The van der Waals surface area contributed by atoms with Crippen molar-refractivity contribution in [2.45, 2.75) is 102 Å². The number of nitrogens with zero attached hydrogens (tertiary/aromatic N) is 1. The molecular formula is C16H31NO2. The molecule has 2 fully saturated rings. The Hall–Kier alpha value is -0.120. The molecule has 2 heterocycles. The molecule has 3 nitrogen and oxygen atoms in total. The van der Waals surface area contributed by atoms with E-state index in [4.69, 9.17) is 4.84 Å². The summed E-state index contributed by atoms with van der Waals surface area (Å²) in [6.45, 7) is 4.42. The van der Waals surface area contributed by atoms with E-state index in [2.05, 4.69) is 18.9 Å². The summed E-state index contributed by atoms with van der Waals surface area (Å²) in [5.74, 6) is 0. The zero-order valence-corrected chi connectivity index (χ0v) is 12.7. The highest BCUT2D eigenvalue weighted by Crippen LogP contribution is 2.37. The summed E-state index contributed by atoms with van der Waals surface area (Å²) in [5.41, 5.74) is 0. The van der Waals surface area contributed by atoms with Crippen molar-refractivity contribution >= 4 is 0 Å². The Balaban J connectivity index is 1.75. The van der Waals surface area contributed by atoms with Crippen LogP contribution < -0.4 is 0 Å². The number of aliphatic hydroxyl groups excluding tert-OH is 1. The van der Waals surface area contributed by atoms with E-state index in [1.54, 1.807) is 0 Å². The van der Waals surface area contributed by atoms with Gasteiger partial charge < -0.3 is 5.11 Å². The summed E-state index contributed by atoms with van der Waals surface area (Å²) in [5, 5.41) is 12.3. The molecule has 2 saturated heterocycles. The first-order chi connectivity index (χ1) is 9.24. The number of hydrogen-bond acceptors (Lipinski definition) is 3. The average Bonchev–Trinajstić information content (AvgIpc) is 2.95. The second-order valence-electron chi connectivity index (χ2n) is 6.38. The Morgan fingerprint density at radius 1 is 1.21 bits per heavy atom. The van der Waals surface area contributed by atoms with Crippen molar-refractivity contribution in [1.29, 1.82) is 0 Å². The van der Waals surface area contributed by atoms with Crippen LogP contribution in [0.3, 0.4) is 0 Å². The van der Waals surface area contributed by atoms with Gasteiger partial charge in [-0.05, 0) is 38.5 Å². The van der Waals surface area contributed by atoms with Crippen molar-refractivity contribution in [3.63, 3.8) is 0 Å². The first-order valence-electron chi connectivity index (χ1n) is 8.37. The maximum absolute atomic E-state index is 10.1. The molecule has 3 heteroatoms. The van der Waals surface area contributed by atoms with Crippen molar-refractivity contribution in [3.8, 4) is 0 Å². The predicted octanol–water partition coefficient (Wildman–Crippen LogP) is 3.65. The van der Waals surface area contributed by atoms with Gasteiger partial charge in [-0.2, -0.15) is 5.06 Å². The van der Waals surface area contributed by atoms with Crippen LogP contribution in [-0.4, -0.2) is 34.5 Å². The van der Waals surface area contributed by atoms with Gasteiger partial charge in [0.25, 0.3) is 0 Å². The molecule has 0 saturated carbocycles. The molecule has 1 N–H and O–H groups in total. The lowest BCUT2D eigenvalue weighted by Gasteiger charge is -2.25. The zero-order chi connectivity index (χ0) is 13.7. The number of fused-ring (bicyclic) bond motifs is 1. The minimum atomic E-state index is -0.137. The number of aliphatic hydroxyl groups is 1. The van der Waals surface area contributed by atoms with Crippen LogP contribution in [0.25, 0.3) is 0 Å². The molecule has 0 aromatic heterocycles. The third-order valence-corrected chi connectivity index (χ3v) is 4.67. The molecule has 0 aliphatic carbocycles. The average molecular weight is 269 g/mol. The highest BCUT2D eigenvalue weighted by atomic mass is 16.7. The minimum Gasteiger partial charge on any atom is -0.393 e. The monoisotopic (exact) mass is 269 g/mol. The van der Waals surface area contributed by atoms with Crippen LogP contribution >= 0.6 is 0 Å². The Labute approximate surface area is 118 Å². The molecule has 2 aliphatic heterocycles. The first-order valence-corrected chi connectivity index (χ1v) is 8.37. The summed E-state index contributed by atoms with van der Waals surface area (Å²) in [6, 6.07) is 1.09. The van der Waals surface area contributed by atoms with E-state index >= 15 is 0 Å². The molecule has 0 unspecified atom stereocenters. The van der Waals surface area contributed by atoms with Gasteiger partial charge in [0.1, 0.15) is 0 Å². The van der Waals surface area contributed by atoms with Gasteiger partial charge in [-0.1, -0.05) is 39.5 Å². The number of hydroxylamine groups is 2. The molecule has 0 bridgehead atoms. The van der Waals surface area contributed by atoms with Crippen LogP contribution in [0.1, 0.15) is 78.1 Å². The Bertz CT molecular complexity index is 259. The summed E-state index contributed by atoms with van der Waals surface area (Å²) >= 11 is 0. The minimum absolute atomic E-state index is 0.137. The normalized spacial score (nSPS) is 32.7. The van der Waals surface area contributed by atoms with Crippen LogP contribution in [0.5, 0.6) is 0 Å². The van der Waals surface area contributed by atoms with Crippen molar-refractivity contribution in [2.75, 3.05) is 0 Å². The molecule has 2 rings (SSSR count). The quantitative estimate of drug-likeness (QED) is 0.730. The van der Waals surface area contributed by atoms with Gasteiger partial charge in [0, 0.05) is 12.1 Å².